The number of aromatic nitrogens is 1. The Morgan fingerprint density at radius 3 is 2.40 bits per heavy atom. The molecule has 0 aliphatic heterocycles. The van der Waals surface area contributed by atoms with Crippen LogP contribution >= 0.6 is 0 Å². The molecule has 2 rings (SSSR count). The van der Waals surface area contributed by atoms with E-state index in [2.05, 4.69) is 5.16 Å². The van der Waals surface area contributed by atoms with Gasteiger partial charge in [0.2, 0.25) is 0 Å². The summed E-state index contributed by atoms with van der Waals surface area (Å²) in [6.45, 7) is 9.67. The van der Waals surface area contributed by atoms with Crippen LogP contribution in [0.25, 0.3) is 11.3 Å². The van der Waals surface area contributed by atoms with Gasteiger partial charge < -0.3 is 9.63 Å². The molecule has 0 atom stereocenters. The number of aromatic carboxylic acids is 1. The summed E-state index contributed by atoms with van der Waals surface area (Å²) in [6, 6.07) is 5.84. The average molecular weight is 273 g/mol. The SMILES string of the molecule is Cc1ccc(-c2noc(C(C)(C)C)c2C(=O)O)c(C)c1. The van der Waals surface area contributed by atoms with Crippen molar-refractivity contribution in [2.24, 2.45) is 0 Å². The molecule has 1 aromatic carbocycles. The lowest BCUT2D eigenvalue weighted by Crippen LogP contribution is -2.15. The first-order valence-corrected chi connectivity index (χ1v) is 6.53. The second-order valence-corrected chi connectivity index (χ2v) is 6.11. The van der Waals surface area contributed by atoms with Crippen LogP contribution in [0, 0.1) is 13.8 Å². The van der Waals surface area contributed by atoms with Gasteiger partial charge in [-0.05, 0) is 19.4 Å². The minimum absolute atomic E-state index is 0.157. The van der Waals surface area contributed by atoms with E-state index in [-0.39, 0.29) is 5.56 Å². The molecule has 0 saturated carbocycles. The Morgan fingerprint density at radius 1 is 1.25 bits per heavy atom. The third-order valence-electron chi connectivity index (χ3n) is 3.22. The van der Waals surface area contributed by atoms with Gasteiger partial charge in [0.05, 0.1) is 0 Å². The summed E-state index contributed by atoms with van der Waals surface area (Å²) < 4.78 is 5.33. The molecular formula is C16H19NO3. The maximum absolute atomic E-state index is 11.6. The van der Waals surface area contributed by atoms with E-state index in [0.29, 0.717) is 11.5 Å². The van der Waals surface area contributed by atoms with Crippen LogP contribution in [0.3, 0.4) is 0 Å². The highest BCUT2D eigenvalue weighted by atomic mass is 16.5. The Labute approximate surface area is 118 Å². The number of hydrogen-bond acceptors (Lipinski definition) is 3. The second-order valence-electron chi connectivity index (χ2n) is 6.11. The molecule has 1 aromatic heterocycles. The first kappa shape index (κ1) is 14.3. The predicted octanol–water partition coefficient (Wildman–Crippen LogP) is 3.95. The Hall–Kier alpha value is -2.10. The van der Waals surface area contributed by atoms with Crippen LogP contribution in [0.1, 0.15) is 48.0 Å². The summed E-state index contributed by atoms with van der Waals surface area (Å²) in [6.07, 6.45) is 0. The van der Waals surface area contributed by atoms with E-state index in [1.54, 1.807) is 0 Å². The number of nitrogens with zero attached hydrogens (tertiary/aromatic N) is 1. The van der Waals surface area contributed by atoms with Crippen LogP contribution in [0.4, 0.5) is 0 Å². The fraction of sp³-hybridized carbons (Fsp3) is 0.375. The van der Waals surface area contributed by atoms with Crippen molar-refractivity contribution in [1.82, 2.24) is 5.16 Å². The summed E-state index contributed by atoms with van der Waals surface area (Å²) in [5, 5.41) is 13.5. The summed E-state index contributed by atoms with van der Waals surface area (Å²) in [5.74, 6) is -0.605. The topological polar surface area (TPSA) is 63.3 Å². The lowest BCUT2D eigenvalue weighted by molar-refractivity contribution is 0.0693. The predicted molar refractivity (Wildman–Crippen MR) is 77.1 cm³/mol. The van der Waals surface area contributed by atoms with E-state index in [1.165, 1.54) is 0 Å². The molecule has 0 fully saturated rings. The molecule has 20 heavy (non-hydrogen) atoms. The highest BCUT2D eigenvalue weighted by molar-refractivity contribution is 5.96. The number of rotatable bonds is 2. The Morgan fingerprint density at radius 2 is 1.90 bits per heavy atom. The van der Waals surface area contributed by atoms with Gasteiger partial charge in [-0.25, -0.2) is 4.79 Å². The van der Waals surface area contributed by atoms with E-state index in [0.717, 1.165) is 16.7 Å². The molecule has 1 heterocycles. The smallest absolute Gasteiger partial charge is 0.341 e. The molecule has 1 N–H and O–H groups in total. The summed E-state index contributed by atoms with van der Waals surface area (Å²) in [4.78, 5) is 11.6. The van der Waals surface area contributed by atoms with Crippen LogP contribution in [0.15, 0.2) is 22.7 Å². The number of hydrogen-bond donors (Lipinski definition) is 1. The van der Waals surface area contributed by atoms with Crippen molar-refractivity contribution < 1.29 is 14.4 Å². The van der Waals surface area contributed by atoms with Crippen LogP contribution in [-0.4, -0.2) is 16.2 Å². The first-order chi connectivity index (χ1) is 9.21. The maximum atomic E-state index is 11.6. The number of benzene rings is 1. The molecule has 0 unspecified atom stereocenters. The van der Waals surface area contributed by atoms with Gasteiger partial charge in [0.25, 0.3) is 0 Å². The van der Waals surface area contributed by atoms with E-state index < -0.39 is 11.4 Å². The van der Waals surface area contributed by atoms with Crippen molar-refractivity contribution in [1.29, 1.82) is 0 Å². The van der Waals surface area contributed by atoms with Crippen molar-refractivity contribution in [2.45, 2.75) is 40.0 Å². The normalized spacial score (nSPS) is 11.7. The summed E-state index contributed by atoms with van der Waals surface area (Å²) >= 11 is 0. The zero-order valence-electron chi connectivity index (χ0n) is 12.4. The Balaban J connectivity index is 2.69. The molecule has 0 aliphatic carbocycles. The molecule has 4 heteroatoms. The lowest BCUT2D eigenvalue weighted by atomic mass is 9.88. The van der Waals surface area contributed by atoms with Crippen molar-refractivity contribution in [3.63, 3.8) is 0 Å². The fourth-order valence-corrected chi connectivity index (χ4v) is 2.26. The zero-order chi connectivity index (χ0) is 15.1. The highest BCUT2D eigenvalue weighted by Crippen LogP contribution is 2.34. The van der Waals surface area contributed by atoms with Gasteiger partial charge in [-0.3, -0.25) is 0 Å². The highest BCUT2D eigenvalue weighted by Gasteiger charge is 2.31. The molecule has 4 nitrogen and oxygen atoms in total. The lowest BCUT2D eigenvalue weighted by Gasteiger charge is -2.14. The van der Waals surface area contributed by atoms with Crippen LogP contribution in [-0.2, 0) is 5.41 Å². The average Bonchev–Trinajstić information content (AvgIpc) is 2.72. The molecule has 0 aliphatic rings. The Kier molecular flexibility index (Phi) is 3.42. The van der Waals surface area contributed by atoms with Gasteiger partial charge in [0, 0.05) is 11.0 Å². The molecule has 0 saturated heterocycles. The minimum Gasteiger partial charge on any atom is -0.477 e. The van der Waals surface area contributed by atoms with Crippen molar-refractivity contribution >= 4 is 5.97 Å². The largest absolute Gasteiger partial charge is 0.477 e. The third-order valence-corrected chi connectivity index (χ3v) is 3.22. The molecule has 2 aromatic rings. The molecule has 0 bridgehead atoms. The second kappa shape index (κ2) is 4.78. The van der Waals surface area contributed by atoms with Crippen molar-refractivity contribution in [3.05, 3.63) is 40.6 Å². The minimum atomic E-state index is -1.01. The van der Waals surface area contributed by atoms with Gasteiger partial charge in [-0.1, -0.05) is 49.7 Å². The van der Waals surface area contributed by atoms with Gasteiger partial charge in [-0.15, -0.1) is 0 Å². The van der Waals surface area contributed by atoms with E-state index >= 15 is 0 Å². The van der Waals surface area contributed by atoms with Crippen molar-refractivity contribution in [2.75, 3.05) is 0 Å². The summed E-state index contributed by atoms with van der Waals surface area (Å²) in [5.41, 5.74) is 3.07. The van der Waals surface area contributed by atoms with E-state index in [9.17, 15) is 9.90 Å². The third kappa shape index (κ3) is 2.46. The number of carboxylic acids is 1. The van der Waals surface area contributed by atoms with Crippen LogP contribution < -0.4 is 0 Å². The van der Waals surface area contributed by atoms with Gasteiger partial charge in [0.1, 0.15) is 11.3 Å². The number of aryl methyl sites for hydroxylation is 2. The van der Waals surface area contributed by atoms with Gasteiger partial charge >= 0.3 is 5.97 Å². The number of carboxylic acid groups (broad SMARTS) is 1. The van der Waals surface area contributed by atoms with Crippen LogP contribution in [0.5, 0.6) is 0 Å². The van der Waals surface area contributed by atoms with E-state index in [1.807, 2.05) is 52.8 Å². The fourth-order valence-electron chi connectivity index (χ4n) is 2.26. The Bertz CT molecular complexity index is 663. The molecule has 0 radical (unpaired) electrons. The van der Waals surface area contributed by atoms with E-state index in [4.69, 9.17) is 4.52 Å². The monoisotopic (exact) mass is 273 g/mol. The molecule has 106 valence electrons. The summed E-state index contributed by atoms with van der Waals surface area (Å²) in [7, 11) is 0. The first-order valence-electron chi connectivity index (χ1n) is 6.53. The number of carbonyl (C=O) groups is 1. The van der Waals surface area contributed by atoms with Crippen molar-refractivity contribution in [3.8, 4) is 11.3 Å². The maximum Gasteiger partial charge on any atom is 0.341 e. The standard InChI is InChI=1S/C16H19NO3/c1-9-6-7-11(10(2)8-9)13-12(15(18)19)14(20-17-13)16(3,4)5/h6-8H,1-5H3,(H,18,19). The zero-order valence-corrected chi connectivity index (χ0v) is 12.4. The quantitative estimate of drug-likeness (QED) is 0.899. The van der Waals surface area contributed by atoms with Crippen LogP contribution in [0.2, 0.25) is 0 Å². The molecule has 0 spiro atoms. The van der Waals surface area contributed by atoms with Gasteiger partial charge in [0.15, 0.2) is 5.76 Å². The molecule has 0 amide bonds. The molecular weight excluding hydrogens is 254 g/mol. The van der Waals surface area contributed by atoms with Gasteiger partial charge in [-0.2, -0.15) is 0 Å².